The molecule has 0 aliphatic carbocycles. The second-order valence-corrected chi connectivity index (χ2v) is 6.45. The lowest BCUT2D eigenvalue weighted by Crippen LogP contribution is -2.35. The molecule has 1 aromatic rings. The molecule has 0 aliphatic heterocycles. The van der Waals surface area contributed by atoms with Gasteiger partial charge in [-0.15, -0.1) is 0 Å². The number of nitrogens with one attached hydrogen (secondary N) is 1. The first-order valence-electron chi connectivity index (χ1n) is 6.37. The van der Waals surface area contributed by atoms with Gasteiger partial charge in [-0.1, -0.05) is 36.7 Å². The topological polar surface area (TPSA) is 21.3 Å². The number of rotatable bonds is 7. The lowest BCUT2D eigenvalue weighted by Gasteiger charge is -2.23. The van der Waals surface area contributed by atoms with Crippen molar-refractivity contribution in [1.29, 1.82) is 0 Å². The highest BCUT2D eigenvalue weighted by molar-refractivity contribution is 9.11. The first-order chi connectivity index (χ1) is 8.54. The lowest BCUT2D eigenvalue weighted by atomic mass is 10.1. The molecule has 0 radical (unpaired) electrons. The molecule has 0 aromatic heterocycles. The molecule has 0 saturated heterocycles. The van der Waals surface area contributed by atoms with E-state index in [9.17, 15) is 0 Å². The molecule has 0 fully saturated rings. The van der Waals surface area contributed by atoms with Crippen molar-refractivity contribution in [3.63, 3.8) is 0 Å². The lowest BCUT2D eigenvalue weighted by molar-refractivity contribution is 0.148. The van der Waals surface area contributed by atoms with E-state index in [4.69, 9.17) is 4.74 Å². The van der Waals surface area contributed by atoms with Crippen molar-refractivity contribution in [2.24, 2.45) is 5.92 Å². The Morgan fingerprint density at radius 3 is 2.56 bits per heavy atom. The number of halogens is 2. The van der Waals surface area contributed by atoms with Crippen LogP contribution in [-0.4, -0.2) is 19.2 Å². The van der Waals surface area contributed by atoms with E-state index in [2.05, 4.69) is 57.9 Å². The Morgan fingerprint density at radius 2 is 2.00 bits per heavy atom. The van der Waals surface area contributed by atoms with Crippen molar-refractivity contribution in [2.45, 2.75) is 33.3 Å². The van der Waals surface area contributed by atoms with Crippen LogP contribution in [0, 0.1) is 5.92 Å². The van der Waals surface area contributed by atoms with E-state index < -0.39 is 0 Å². The van der Waals surface area contributed by atoms with Crippen LogP contribution in [0.15, 0.2) is 27.1 Å². The normalized spacial score (nSPS) is 12.8. The van der Waals surface area contributed by atoms with Crippen LogP contribution in [0.1, 0.15) is 27.2 Å². The third kappa shape index (κ3) is 5.29. The molecule has 0 aliphatic rings. The second kappa shape index (κ2) is 8.18. The molecule has 0 saturated carbocycles. The first kappa shape index (κ1) is 16.0. The first-order valence-corrected chi connectivity index (χ1v) is 7.95. The molecule has 1 aromatic carbocycles. The Morgan fingerprint density at radius 1 is 1.28 bits per heavy atom. The van der Waals surface area contributed by atoms with E-state index in [0.717, 1.165) is 34.2 Å². The molecule has 4 heteroatoms. The summed E-state index contributed by atoms with van der Waals surface area (Å²) in [5.41, 5.74) is 0. The minimum absolute atomic E-state index is 0.189. The van der Waals surface area contributed by atoms with E-state index in [-0.39, 0.29) is 6.10 Å². The van der Waals surface area contributed by atoms with E-state index in [1.807, 2.05) is 18.2 Å². The second-order valence-electron chi connectivity index (χ2n) is 4.68. The number of ether oxygens (including phenoxy) is 1. The van der Waals surface area contributed by atoms with Crippen LogP contribution in [-0.2, 0) is 0 Å². The van der Waals surface area contributed by atoms with Gasteiger partial charge in [0.15, 0.2) is 0 Å². The van der Waals surface area contributed by atoms with E-state index in [1.165, 1.54) is 0 Å². The van der Waals surface area contributed by atoms with Gasteiger partial charge in [-0.05, 0) is 53.0 Å². The zero-order valence-electron chi connectivity index (χ0n) is 11.2. The number of hydrogen-bond acceptors (Lipinski definition) is 2. The molecule has 1 N–H and O–H groups in total. The van der Waals surface area contributed by atoms with Crippen molar-refractivity contribution in [1.82, 2.24) is 5.32 Å². The molecular formula is C14H21Br2NO. The highest BCUT2D eigenvalue weighted by Gasteiger charge is 2.16. The van der Waals surface area contributed by atoms with Gasteiger partial charge in [-0.25, -0.2) is 0 Å². The summed E-state index contributed by atoms with van der Waals surface area (Å²) in [5.74, 6) is 1.38. The maximum atomic E-state index is 6.08. The minimum Gasteiger partial charge on any atom is -0.488 e. The fourth-order valence-corrected chi connectivity index (χ4v) is 2.71. The van der Waals surface area contributed by atoms with Crippen molar-refractivity contribution in [3.8, 4) is 5.75 Å². The van der Waals surface area contributed by atoms with E-state index in [0.29, 0.717) is 5.92 Å². The Hall–Kier alpha value is -0.0600. The Bertz CT molecular complexity index is 369. The van der Waals surface area contributed by atoms with Crippen LogP contribution < -0.4 is 10.1 Å². The molecule has 18 heavy (non-hydrogen) atoms. The maximum Gasteiger partial charge on any atom is 0.134 e. The molecule has 1 atom stereocenters. The minimum atomic E-state index is 0.189. The van der Waals surface area contributed by atoms with Crippen molar-refractivity contribution >= 4 is 31.9 Å². The smallest absolute Gasteiger partial charge is 0.134 e. The summed E-state index contributed by atoms with van der Waals surface area (Å²) in [6.07, 6.45) is 1.33. The fraction of sp³-hybridized carbons (Fsp3) is 0.571. The van der Waals surface area contributed by atoms with Crippen LogP contribution in [0.25, 0.3) is 0 Å². The number of hydrogen-bond donors (Lipinski definition) is 1. The third-order valence-corrected chi connectivity index (χ3v) is 3.80. The van der Waals surface area contributed by atoms with E-state index in [1.54, 1.807) is 0 Å². The zero-order valence-corrected chi connectivity index (χ0v) is 14.3. The van der Waals surface area contributed by atoms with E-state index >= 15 is 0 Å². The highest BCUT2D eigenvalue weighted by atomic mass is 79.9. The van der Waals surface area contributed by atoms with Crippen molar-refractivity contribution < 1.29 is 4.74 Å². The average molecular weight is 379 g/mol. The van der Waals surface area contributed by atoms with Gasteiger partial charge in [0.05, 0.1) is 4.47 Å². The van der Waals surface area contributed by atoms with Gasteiger partial charge < -0.3 is 10.1 Å². The maximum absolute atomic E-state index is 6.08. The summed E-state index contributed by atoms with van der Waals surface area (Å²) < 4.78 is 8.11. The highest BCUT2D eigenvalue weighted by Crippen LogP contribution is 2.29. The third-order valence-electron chi connectivity index (χ3n) is 2.69. The zero-order chi connectivity index (χ0) is 13.5. The summed E-state index contributed by atoms with van der Waals surface area (Å²) in [7, 11) is 0. The van der Waals surface area contributed by atoms with Crippen molar-refractivity contribution in [3.05, 3.63) is 27.1 Å². The molecule has 102 valence electrons. The summed E-state index contributed by atoms with van der Waals surface area (Å²) >= 11 is 6.98. The van der Waals surface area contributed by atoms with Crippen LogP contribution in [0.5, 0.6) is 5.75 Å². The van der Waals surface area contributed by atoms with Crippen LogP contribution in [0.2, 0.25) is 0 Å². The summed E-state index contributed by atoms with van der Waals surface area (Å²) in [4.78, 5) is 0. The standard InChI is InChI=1S/C14H21Br2NO/c1-4-7-17-9-14(10(2)3)18-13-6-5-11(15)8-12(13)16/h5-6,8,10,14,17H,4,7,9H2,1-3H3. The summed E-state index contributed by atoms with van der Waals surface area (Å²) in [6.45, 7) is 8.46. The Balaban J connectivity index is 2.64. The SMILES string of the molecule is CCCNCC(Oc1ccc(Br)cc1Br)C(C)C. The molecule has 0 bridgehead atoms. The predicted octanol–water partition coefficient (Wildman–Crippen LogP) is 4.61. The summed E-state index contributed by atoms with van der Waals surface area (Å²) in [5, 5.41) is 3.42. The van der Waals surface area contributed by atoms with Gasteiger partial charge in [0.1, 0.15) is 11.9 Å². The van der Waals surface area contributed by atoms with Gasteiger partial charge in [0.2, 0.25) is 0 Å². The average Bonchev–Trinajstić information content (AvgIpc) is 2.30. The largest absolute Gasteiger partial charge is 0.488 e. The molecule has 2 nitrogen and oxygen atoms in total. The van der Waals surface area contributed by atoms with Gasteiger partial charge in [0.25, 0.3) is 0 Å². The van der Waals surface area contributed by atoms with Crippen molar-refractivity contribution in [2.75, 3.05) is 13.1 Å². The molecule has 0 amide bonds. The molecule has 0 heterocycles. The van der Waals surface area contributed by atoms with Gasteiger partial charge in [0, 0.05) is 11.0 Å². The fourth-order valence-electron chi connectivity index (χ4n) is 1.57. The molecule has 1 rings (SSSR count). The molecule has 1 unspecified atom stereocenters. The Labute approximate surface area is 127 Å². The predicted molar refractivity (Wildman–Crippen MR) is 84.3 cm³/mol. The molecule has 0 spiro atoms. The van der Waals surface area contributed by atoms with Gasteiger partial charge in [-0.3, -0.25) is 0 Å². The monoisotopic (exact) mass is 377 g/mol. The quantitative estimate of drug-likeness (QED) is 0.699. The van der Waals surface area contributed by atoms with Gasteiger partial charge >= 0.3 is 0 Å². The van der Waals surface area contributed by atoms with Crippen LogP contribution >= 0.6 is 31.9 Å². The molecular weight excluding hydrogens is 358 g/mol. The summed E-state index contributed by atoms with van der Waals surface area (Å²) in [6, 6.07) is 5.99. The Kier molecular flexibility index (Phi) is 7.27. The van der Waals surface area contributed by atoms with Crippen LogP contribution in [0.4, 0.5) is 0 Å². The van der Waals surface area contributed by atoms with Crippen LogP contribution in [0.3, 0.4) is 0 Å². The van der Waals surface area contributed by atoms with Gasteiger partial charge in [-0.2, -0.15) is 0 Å². The number of benzene rings is 1.